The van der Waals surface area contributed by atoms with E-state index >= 15 is 0 Å². The Hall–Kier alpha value is -0.0826. The Morgan fingerprint density at radius 2 is 1.72 bits per heavy atom. The third kappa shape index (κ3) is 3.96. The van der Waals surface area contributed by atoms with Crippen molar-refractivity contribution in [3.8, 4) is 0 Å². The molecule has 0 aliphatic heterocycles. The third-order valence-electron chi connectivity index (χ3n) is 3.50. The molecule has 1 aromatic carbocycles. The van der Waals surface area contributed by atoms with Gasteiger partial charge in [0.1, 0.15) is 0 Å². The van der Waals surface area contributed by atoms with Gasteiger partial charge in [-0.3, -0.25) is 0 Å². The van der Waals surface area contributed by atoms with E-state index in [1.807, 2.05) is 6.92 Å². The first-order chi connectivity index (χ1) is 7.88. The minimum absolute atomic E-state index is 0. The van der Waals surface area contributed by atoms with Crippen molar-refractivity contribution < 1.29 is 23.7 Å². The fourth-order valence-corrected chi connectivity index (χ4v) is 3.03. The van der Waals surface area contributed by atoms with Crippen molar-refractivity contribution in [3.05, 3.63) is 33.9 Å². The molecule has 1 aromatic rings. The van der Waals surface area contributed by atoms with Crippen LogP contribution < -0.4 is 18.9 Å². The fraction of sp³-hybridized carbons (Fsp3) is 0.533. The maximum absolute atomic E-state index is 12.3. The largest absolute Gasteiger partial charge is 1.00 e. The van der Waals surface area contributed by atoms with Gasteiger partial charge in [-0.1, -0.05) is 26.3 Å². The van der Waals surface area contributed by atoms with Crippen molar-refractivity contribution in [2.75, 3.05) is 0 Å². The Bertz CT molecular complexity index is 441. The van der Waals surface area contributed by atoms with Gasteiger partial charge >= 0.3 is 18.9 Å². The molecule has 0 aromatic heterocycles. The van der Waals surface area contributed by atoms with Gasteiger partial charge in [-0.15, -0.1) is 0 Å². The minimum Gasteiger partial charge on any atom is -0.457 e. The first-order valence-electron chi connectivity index (χ1n) is 6.21. The average molecular weight is 256 g/mol. The summed E-state index contributed by atoms with van der Waals surface area (Å²) in [6, 6.07) is 2.13. The number of carbonyl (C=O) groups is 1. The summed E-state index contributed by atoms with van der Waals surface area (Å²) in [7, 11) is 0.930. The summed E-state index contributed by atoms with van der Waals surface area (Å²) >= 11 is 0. The summed E-state index contributed by atoms with van der Waals surface area (Å²) in [5.74, 6) is 0. The molecule has 0 fully saturated rings. The molecule has 1 unspecified atom stereocenters. The Balaban J connectivity index is 0.00000289. The molecule has 0 radical (unpaired) electrons. The maximum Gasteiger partial charge on any atom is 1.00 e. The molecule has 1 nitrogen and oxygen atoms in total. The first-order valence-corrected chi connectivity index (χ1v) is 7.17. The second kappa shape index (κ2) is 7.49. The molecule has 94 valence electrons. The van der Waals surface area contributed by atoms with Crippen molar-refractivity contribution in [1.82, 2.24) is 0 Å². The third-order valence-corrected chi connectivity index (χ3v) is 4.76. The van der Waals surface area contributed by atoms with Gasteiger partial charge < -0.3 is 13.4 Å². The fourth-order valence-electron chi connectivity index (χ4n) is 1.97. The molecule has 0 heterocycles. The van der Waals surface area contributed by atoms with Crippen molar-refractivity contribution in [2.24, 2.45) is 0 Å². The Morgan fingerprint density at radius 3 is 2.22 bits per heavy atom. The molecule has 1 rings (SSSR count). The van der Waals surface area contributed by atoms with Gasteiger partial charge in [0.05, 0.1) is 0 Å². The smallest absolute Gasteiger partial charge is 0.457 e. The summed E-state index contributed by atoms with van der Waals surface area (Å²) in [5, 5.41) is 0. The molecule has 0 amide bonds. The van der Waals surface area contributed by atoms with Crippen LogP contribution in [0.2, 0.25) is 0 Å². The van der Waals surface area contributed by atoms with Gasteiger partial charge in [0.2, 0.25) is 0 Å². The molecule has 0 aliphatic rings. The van der Waals surface area contributed by atoms with Crippen LogP contribution in [0.1, 0.15) is 52.9 Å². The standard InChI is InChI=1S/C15H22OP.Li/c1-7-11(4)17-15(16)14-10(3)8-9(2)12(5)13(14)6;/h8,11H,7H2,1-6H3;/q-1;+1. The van der Waals surface area contributed by atoms with E-state index < -0.39 is 0 Å². The average Bonchev–Trinajstić information content (AvgIpc) is 2.25. The zero-order valence-electron chi connectivity index (χ0n) is 12.7. The molecule has 3 heteroatoms. The van der Waals surface area contributed by atoms with Gasteiger partial charge in [-0.05, 0) is 55.5 Å². The number of rotatable bonds is 4. The van der Waals surface area contributed by atoms with Crippen LogP contribution in [-0.4, -0.2) is 11.2 Å². The van der Waals surface area contributed by atoms with Crippen LogP contribution in [0.25, 0.3) is 0 Å². The second-order valence-electron chi connectivity index (χ2n) is 4.83. The van der Waals surface area contributed by atoms with Gasteiger partial charge in [-0.2, -0.15) is 5.66 Å². The van der Waals surface area contributed by atoms with E-state index in [0.29, 0.717) is 5.66 Å². The zero-order chi connectivity index (χ0) is 13.2. The molecular formula is C15H22LiOP. The predicted molar refractivity (Wildman–Crippen MR) is 76.4 cm³/mol. The van der Waals surface area contributed by atoms with E-state index in [-0.39, 0.29) is 24.4 Å². The number of carbonyl (C=O) groups excluding carboxylic acids is 1. The molecular weight excluding hydrogens is 234 g/mol. The Kier molecular flexibility index (Phi) is 7.46. The molecule has 1 atom stereocenters. The molecule has 0 saturated carbocycles. The first kappa shape index (κ1) is 17.9. The molecule has 0 saturated heterocycles. The number of hydrogen-bond donors (Lipinski definition) is 0. The summed E-state index contributed by atoms with van der Waals surface area (Å²) in [4.78, 5) is 12.3. The molecule has 0 aliphatic carbocycles. The van der Waals surface area contributed by atoms with Crippen LogP contribution >= 0.6 is 8.58 Å². The summed E-state index contributed by atoms with van der Waals surface area (Å²) in [6.45, 7) is 12.6. The van der Waals surface area contributed by atoms with Crippen molar-refractivity contribution in [2.45, 2.75) is 53.6 Å². The van der Waals surface area contributed by atoms with Crippen molar-refractivity contribution in [3.63, 3.8) is 0 Å². The molecule has 0 N–H and O–H groups in total. The Labute approximate surface area is 125 Å². The quantitative estimate of drug-likeness (QED) is 0.593. The normalized spacial score (nSPS) is 12.6. The van der Waals surface area contributed by atoms with E-state index in [9.17, 15) is 4.79 Å². The number of benzene rings is 1. The van der Waals surface area contributed by atoms with Crippen LogP contribution in [0.4, 0.5) is 0 Å². The topological polar surface area (TPSA) is 17.1 Å². The second-order valence-corrected chi connectivity index (χ2v) is 6.37. The zero-order valence-corrected chi connectivity index (χ0v) is 13.6. The van der Waals surface area contributed by atoms with E-state index in [0.717, 1.165) is 31.7 Å². The van der Waals surface area contributed by atoms with E-state index in [2.05, 4.69) is 40.7 Å². The predicted octanol–water partition coefficient (Wildman–Crippen LogP) is 1.81. The van der Waals surface area contributed by atoms with Gasteiger partial charge in [0.15, 0.2) is 0 Å². The number of aryl methyl sites for hydroxylation is 2. The maximum atomic E-state index is 12.3. The number of hydrogen-bond acceptors (Lipinski definition) is 1. The van der Waals surface area contributed by atoms with Gasteiger partial charge in [0.25, 0.3) is 0 Å². The van der Waals surface area contributed by atoms with Crippen LogP contribution in [0.15, 0.2) is 6.07 Å². The summed E-state index contributed by atoms with van der Waals surface area (Å²) in [5.41, 5.74) is 6.46. The summed E-state index contributed by atoms with van der Waals surface area (Å²) < 4.78 is 0. The van der Waals surface area contributed by atoms with Gasteiger partial charge in [-0.25, -0.2) is 0 Å². The molecule has 0 spiro atoms. The SMILES string of the molecule is CCC(C)[P-]C(=O)c1c(C)cc(C)c(C)c1C.[Li+]. The van der Waals surface area contributed by atoms with E-state index in [1.54, 1.807) is 0 Å². The monoisotopic (exact) mass is 256 g/mol. The Morgan fingerprint density at radius 1 is 1.17 bits per heavy atom. The molecule has 0 bridgehead atoms. The van der Waals surface area contributed by atoms with Crippen molar-refractivity contribution >= 4 is 14.1 Å². The van der Waals surface area contributed by atoms with Gasteiger partial charge in [0, 0.05) is 5.52 Å². The van der Waals surface area contributed by atoms with E-state index in [4.69, 9.17) is 0 Å². The van der Waals surface area contributed by atoms with Crippen molar-refractivity contribution in [1.29, 1.82) is 0 Å². The van der Waals surface area contributed by atoms with Crippen LogP contribution in [-0.2, 0) is 0 Å². The molecule has 18 heavy (non-hydrogen) atoms. The minimum atomic E-state index is 0. The van der Waals surface area contributed by atoms with Crippen LogP contribution in [0, 0.1) is 27.7 Å². The summed E-state index contributed by atoms with van der Waals surface area (Å²) in [6.07, 6.45) is 1.05. The van der Waals surface area contributed by atoms with Crippen LogP contribution in [0.3, 0.4) is 0 Å². The van der Waals surface area contributed by atoms with E-state index in [1.165, 1.54) is 11.1 Å². The van der Waals surface area contributed by atoms with Crippen LogP contribution in [0.5, 0.6) is 0 Å².